The van der Waals surface area contributed by atoms with E-state index in [9.17, 15) is 19.2 Å². The van der Waals surface area contributed by atoms with Crippen molar-refractivity contribution in [3.63, 3.8) is 0 Å². The summed E-state index contributed by atoms with van der Waals surface area (Å²) in [6.07, 6.45) is 2.12. The van der Waals surface area contributed by atoms with E-state index in [0.29, 0.717) is 37.8 Å². The standard InChI is InChI=1S/C13H12O2S3.C10H4O4S3.C8H4S3.C6H4Br2O2S.C4Br4S.CO2/c1-3-7-5-8-11(16-7)12-9(17-8)6-10(18-12)13(14)15-4-2;11-3-14-7-2-5-9(17-7)8-4(15-5)1-6(16-8)10(12)13;1-3-9-7-5(1)11-6-2-4-10-8(6)7;1-10-6-5(8)4(7)3(2-9)11-6;5-1-2(6)4(8)9-3(1)7;2-1-3/h5-6H,3-4H2,1-2H3;1-3H,(H,12,13);1-4H;2H,1H3;;. The molecule has 11 rings (SSSR count). The lowest BCUT2D eigenvalue weighted by Crippen LogP contribution is -2.01. The van der Waals surface area contributed by atoms with Gasteiger partial charge in [0, 0.05) is 34.4 Å². The van der Waals surface area contributed by atoms with E-state index in [4.69, 9.17) is 28.9 Å². The molecule has 0 aliphatic heterocycles. The molecule has 0 saturated carbocycles. The van der Waals surface area contributed by atoms with Crippen LogP contribution in [0.3, 0.4) is 0 Å². The monoisotopic (exact) mass is 1510 g/mol. The van der Waals surface area contributed by atoms with Crippen LogP contribution in [0.25, 0.3) is 56.4 Å². The van der Waals surface area contributed by atoms with E-state index in [-0.39, 0.29) is 12.1 Å². The maximum atomic E-state index is 11.7. The second-order valence-electron chi connectivity index (χ2n) is 12.5. The molecule has 0 atom stereocenters. The normalized spacial score (nSPS) is 10.6. The zero-order valence-electron chi connectivity index (χ0n) is 34.6. The Hall–Kier alpha value is -1.60. The molecule has 0 aromatic carbocycles. The number of aldehydes is 1. The fourth-order valence-electron chi connectivity index (χ4n) is 5.53. The Morgan fingerprint density at radius 1 is 0.623 bits per heavy atom. The van der Waals surface area contributed by atoms with Crippen molar-refractivity contribution < 1.29 is 48.1 Å². The molecule has 0 aliphatic carbocycles. The highest BCUT2D eigenvalue weighted by molar-refractivity contribution is 9.16. The van der Waals surface area contributed by atoms with Crippen molar-refractivity contribution in [3.8, 4) is 10.1 Å². The summed E-state index contributed by atoms with van der Waals surface area (Å²) in [6, 6.07) is 12.1. The molecular weight excluding hydrogens is 1500 g/mol. The lowest BCUT2D eigenvalue weighted by Gasteiger charge is -1.96. The van der Waals surface area contributed by atoms with Gasteiger partial charge in [0.25, 0.3) is 6.47 Å². The van der Waals surface area contributed by atoms with Gasteiger partial charge >= 0.3 is 18.1 Å². The molecule has 69 heavy (non-hydrogen) atoms. The number of halogens is 6. The maximum absolute atomic E-state index is 11.7. The van der Waals surface area contributed by atoms with Crippen LogP contribution in [0.15, 0.2) is 72.6 Å². The Kier molecular flexibility index (Phi) is 21.8. The molecule has 0 aliphatic rings. The number of carbonyl (C=O) groups is 4. The molecule has 10 nitrogen and oxygen atoms in total. The highest BCUT2D eigenvalue weighted by Gasteiger charge is 2.18. The molecule has 0 spiro atoms. The molecule has 11 aromatic heterocycles. The molecule has 0 unspecified atom stereocenters. The average molecular weight is 1520 g/mol. The van der Waals surface area contributed by atoms with Crippen LogP contribution in [0.2, 0.25) is 0 Å². The van der Waals surface area contributed by atoms with Crippen molar-refractivity contribution in [2.75, 3.05) is 13.7 Å². The molecule has 27 heteroatoms. The molecule has 1 N–H and O–H groups in total. The van der Waals surface area contributed by atoms with E-state index >= 15 is 0 Å². The predicted molar refractivity (Wildman–Crippen MR) is 316 cm³/mol. The van der Waals surface area contributed by atoms with Crippen LogP contribution >= 0.6 is 220 Å². The number of rotatable bonds is 8. The van der Waals surface area contributed by atoms with Gasteiger partial charge in [0.1, 0.15) is 9.75 Å². The van der Waals surface area contributed by atoms with Gasteiger partial charge in [-0.15, -0.1) is 102 Å². The number of carbonyl (C=O) groups excluding carboxylic acids is 5. The van der Waals surface area contributed by atoms with Crippen molar-refractivity contribution in [2.45, 2.75) is 20.3 Å². The van der Waals surface area contributed by atoms with Gasteiger partial charge in [-0.05, 0) is 150 Å². The van der Waals surface area contributed by atoms with Crippen LogP contribution in [0.5, 0.6) is 10.1 Å². The summed E-state index contributed by atoms with van der Waals surface area (Å²) in [5, 5.41) is 14.5. The fourth-order valence-corrected chi connectivity index (χ4v) is 22.9. The third kappa shape index (κ3) is 13.6. The van der Waals surface area contributed by atoms with Gasteiger partial charge in [0.15, 0.2) is 16.4 Å². The minimum atomic E-state index is -0.910. The van der Waals surface area contributed by atoms with E-state index in [0.717, 1.165) is 57.0 Å². The quantitative estimate of drug-likeness (QED) is 0.115. The zero-order valence-corrected chi connectivity index (χ0v) is 53.1. The molecule has 0 amide bonds. The number of ether oxygens (including phenoxy) is 3. The van der Waals surface area contributed by atoms with Gasteiger partial charge in [-0.1, -0.05) is 29.6 Å². The van der Waals surface area contributed by atoms with Gasteiger partial charge in [-0.25, -0.2) is 9.59 Å². The number of aryl methyl sites for hydroxylation is 1. The summed E-state index contributed by atoms with van der Waals surface area (Å²) in [5.74, 6) is -1.11. The SMILES string of the molecule is Brc1sc(Br)c(Br)c1Br.CCOC(=O)c1cc2sc3cc(CC)sc3c2s1.COc1sc(C=O)c(Br)c1Br.O=C=O.O=COc1cc2sc3cc(C(=O)O)sc3c2s1.c1cc2sc3ccsc3c2s1. The highest BCUT2D eigenvalue weighted by Crippen LogP contribution is 2.48. The first kappa shape index (κ1) is 56.7. The topological polar surface area (TPSA) is 150 Å². The molecule has 360 valence electrons. The number of aromatic carboxylic acids is 1. The summed E-state index contributed by atoms with van der Waals surface area (Å²) >= 11 is 37.9. The smallest absolute Gasteiger partial charge is 0.373 e. The van der Waals surface area contributed by atoms with Crippen LogP contribution < -0.4 is 9.47 Å². The third-order valence-electron chi connectivity index (χ3n) is 8.36. The lowest BCUT2D eigenvalue weighted by molar-refractivity contribution is -0.191. The second kappa shape index (κ2) is 26.6. The van der Waals surface area contributed by atoms with Crippen LogP contribution in [-0.4, -0.2) is 49.7 Å². The number of methoxy groups -OCH3 is 1. The van der Waals surface area contributed by atoms with Crippen LogP contribution in [0.4, 0.5) is 0 Å². The van der Waals surface area contributed by atoms with Crippen molar-refractivity contribution in [3.05, 3.63) is 92.1 Å². The van der Waals surface area contributed by atoms with E-state index in [2.05, 4.69) is 131 Å². The number of hydrogen-bond donors (Lipinski definition) is 1. The second-order valence-corrected chi connectivity index (χ2v) is 29.6. The maximum Gasteiger partial charge on any atom is 0.373 e. The lowest BCUT2D eigenvalue weighted by atomic mass is 10.4. The number of thiophene rings is 11. The first-order valence-electron chi connectivity index (χ1n) is 18.6. The van der Waals surface area contributed by atoms with Crippen molar-refractivity contribution in [1.82, 2.24) is 0 Å². The Morgan fingerprint density at radius 2 is 1.13 bits per heavy atom. The summed E-state index contributed by atoms with van der Waals surface area (Å²) in [4.78, 5) is 62.6. The molecule has 0 bridgehead atoms. The third-order valence-corrected chi connectivity index (χ3v) is 29.2. The van der Waals surface area contributed by atoms with E-state index < -0.39 is 5.97 Å². The van der Waals surface area contributed by atoms with Gasteiger partial charge in [0.2, 0.25) is 0 Å². The Morgan fingerprint density at radius 3 is 1.59 bits per heavy atom. The van der Waals surface area contributed by atoms with Gasteiger partial charge < -0.3 is 19.3 Å². The van der Waals surface area contributed by atoms with Crippen molar-refractivity contribution in [2.24, 2.45) is 0 Å². The van der Waals surface area contributed by atoms with E-state index in [1.54, 1.807) is 53.3 Å². The number of carboxylic acid groups (broad SMARTS) is 1. The first-order valence-corrected chi connectivity index (χ1v) is 32.5. The summed E-state index contributed by atoms with van der Waals surface area (Å²) in [5.41, 5.74) is 0. The first-order chi connectivity index (χ1) is 33.1. The zero-order chi connectivity index (χ0) is 50.1. The molecule has 11 heterocycles. The summed E-state index contributed by atoms with van der Waals surface area (Å²) in [7, 11) is 1.57. The van der Waals surface area contributed by atoms with Crippen molar-refractivity contribution in [1.29, 1.82) is 0 Å². The highest BCUT2D eigenvalue weighted by atomic mass is 79.9. The van der Waals surface area contributed by atoms with E-state index in [1.807, 2.05) is 58.3 Å². The molecule has 11 aromatic rings. The number of hydrogen-bond acceptors (Lipinski definition) is 20. The van der Waals surface area contributed by atoms with Gasteiger partial charge in [0.05, 0.1) is 77.0 Å². The number of fused-ring (bicyclic) bond motifs is 9. The largest absolute Gasteiger partial charge is 0.486 e. The molecule has 0 radical (unpaired) electrons. The molecule has 0 fully saturated rings. The summed E-state index contributed by atoms with van der Waals surface area (Å²) in [6.45, 7) is 4.83. The van der Waals surface area contributed by atoms with Gasteiger partial charge in [-0.2, -0.15) is 9.59 Å². The Labute approximate surface area is 485 Å². The average Bonchev–Trinajstić information content (AvgIpc) is 4.17. The minimum absolute atomic E-state index is 0.202. The Balaban J connectivity index is 0.000000143. The van der Waals surface area contributed by atoms with Crippen LogP contribution in [0.1, 0.15) is 47.7 Å². The molecular formula is C42H24Br6O10S11. The Bertz CT molecular complexity index is 3530. The minimum Gasteiger partial charge on any atom is -0.486 e. The summed E-state index contributed by atoms with van der Waals surface area (Å²) < 4.78 is 35.6. The van der Waals surface area contributed by atoms with Crippen LogP contribution in [0, 0.1) is 0 Å². The number of carboxylic acids is 1. The van der Waals surface area contributed by atoms with Crippen molar-refractivity contribution >= 4 is 308 Å². The number of esters is 1. The van der Waals surface area contributed by atoms with Crippen LogP contribution in [-0.2, 0) is 25.5 Å². The van der Waals surface area contributed by atoms with Gasteiger partial charge in [-0.3, -0.25) is 9.59 Å². The van der Waals surface area contributed by atoms with E-state index in [1.165, 1.54) is 87.8 Å². The predicted octanol–water partition coefficient (Wildman–Crippen LogP) is 19.8. The molecule has 0 saturated heterocycles. The fraction of sp³-hybridized carbons (Fsp3) is 0.119.